The van der Waals surface area contributed by atoms with Crippen LogP contribution in [0, 0.1) is 0 Å². The van der Waals surface area contributed by atoms with Crippen LogP contribution < -0.4 is 4.74 Å². The summed E-state index contributed by atoms with van der Waals surface area (Å²) >= 11 is 3.29. The molecule has 0 aromatic heterocycles. The van der Waals surface area contributed by atoms with E-state index in [0.717, 1.165) is 30.7 Å². The summed E-state index contributed by atoms with van der Waals surface area (Å²) in [6.07, 6.45) is -1.64. The normalized spacial score (nSPS) is 11.5. The minimum atomic E-state index is -4.35. The van der Waals surface area contributed by atoms with Gasteiger partial charge in [0.2, 0.25) is 0 Å². The van der Waals surface area contributed by atoms with Crippen molar-refractivity contribution in [2.24, 2.45) is 0 Å². The molecule has 17 heavy (non-hydrogen) atoms. The monoisotopic (exact) mass is 310 g/mol. The molecule has 0 aliphatic carbocycles. The Balaban J connectivity index is 2.53. The molecule has 1 aromatic rings. The van der Waals surface area contributed by atoms with E-state index in [1.165, 1.54) is 12.1 Å². The van der Waals surface area contributed by atoms with Gasteiger partial charge in [0, 0.05) is 5.33 Å². The lowest BCUT2D eigenvalue weighted by Gasteiger charge is -2.13. The van der Waals surface area contributed by atoms with Gasteiger partial charge in [-0.1, -0.05) is 28.1 Å². The molecule has 5 heteroatoms. The van der Waals surface area contributed by atoms with Crippen LogP contribution in [-0.4, -0.2) is 11.9 Å². The first-order valence-electron chi connectivity index (χ1n) is 5.40. The Kier molecular flexibility index (Phi) is 5.82. The van der Waals surface area contributed by atoms with E-state index >= 15 is 0 Å². The summed E-state index contributed by atoms with van der Waals surface area (Å²) in [6, 6.07) is 5.30. The molecule has 0 heterocycles. The topological polar surface area (TPSA) is 9.23 Å². The molecular formula is C12H14BrF3O. The second-order valence-electron chi connectivity index (χ2n) is 3.59. The molecule has 0 amide bonds. The maximum absolute atomic E-state index is 12.6. The van der Waals surface area contributed by atoms with E-state index < -0.39 is 11.7 Å². The van der Waals surface area contributed by atoms with E-state index in [4.69, 9.17) is 4.74 Å². The summed E-state index contributed by atoms with van der Waals surface area (Å²) in [7, 11) is 0. The van der Waals surface area contributed by atoms with Gasteiger partial charge in [0.1, 0.15) is 5.75 Å². The number of hydrogen-bond donors (Lipinski definition) is 0. The Labute approximate surface area is 107 Å². The van der Waals surface area contributed by atoms with Gasteiger partial charge in [0.15, 0.2) is 0 Å². The molecule has 0 aliphatic heterocycles. The maximum Gasteiger partial charge on any atom is 0.419 e. The molecule has 0 saturated carbocycles. The SMILES string of the molecule is FC(F)(F)c1ccccc1OCCCCCBr. The van der Waals surface area contributed by atoms with Crippen molar-refractivity contribution >= 4 is 15.9 Å². The van der Waals surface area contributed by atoms with Crippen molar-refractivity contribution in [3.05, 3.63) is 29.8 Å². The average molecular weight is 311 g/mol. The number of hydrogen-bond acceptors (Lipinski definition) is 1. The Morgan fingerprint density at radius 1 is 1.06 bits per heavy atom. The summed E-state index contributed by atoms with van der Waals surface area (Å²) in [5.74, 6) is -0.0844. The average Bonchev–Trinajstić information content (AvgIpc) is 2.28. The number of rotatable bonds is 6. The van der Waals surface area contributed by atoms with E-state index in [0.29, 0.717) is 6.61 Å². The van der Waals surface area contributed by atoms with Crippen molar-refractivity contribution in [3.63, 3.8) is 0 Å². The highest BCUT2D eigenvalue weighted by Gasteiger charge is 2.33. The number of halogens is 4. The van der Waals surface area contributed by atoms with Crippen LogP contribution in [0.1, 0.15) is 24.8 Å². The van der Waals surface area contributed by atoms with Crippen LogP contribution in [0.5, 0.6) is 5.75 Å². The Morgan fingerprint density at radius 3 is 2.41 bits per heavy atom. The largest absolute Gasteiger partial charge is 0.493 e. The van der Waals surface area contributed by atoms with Crippen molar-refractivity contribution in [1.82, 2.24) is 0 Å². The second-order valence-corrected chi connectivity index (χ2v) is 4.39. The summed E-state index contributed by atoms with van der Waals surface area (Å²) in [5, 5.41) is 0.909. The first kappa shape index (κ1) is 14.4. The lowest BCUT2D eigenvalue weighted by Crippen LogP contribution is -2.09. The number of para-hydroxylation sites is 1. The van der Waals surface area contributed by atoms with Crippen molar-refractivity contribution in [2.75, 3.05) is 11.9 Å². The third kappa shape index (κ3) is 4.98. The van der Waals surface area contributed by atoms with Gasteiger partial charge in [-0.25, -0.2) is 0 Å². The Morgan fingerprint density at radius 2 is 1.76 bits per heavy atom. The second kappa shape index (κ2) is 6.89. The van der Waals surface area contributed by atoms with Crippen LogP contribution >= 0.6 is 15.9 Å². The predicted molar refractivity (Wildman–Crippen MR) is 64.6 cm³/mol. The van der Waals surface area contributed by atoms with Crippen LogP contribution in [0.15, 0.2) is 24.3 Å². The molecule has 0 spiro atoms. The number of benzene rings is 1. The highest BCUT2D eigenvalue weighted by atomic mass is 79.9. The van der Waals surface area contributed by atoms with Gasteiger partial charge in [-0.05, 0) is 31.4 Å². The van der Waals surface area contributed by atoms with Gasteiger partial charge in [-0.15, -0.1) is 0 Å². The first-order chi connectivity index (χ1) is 8.05. The molecule has 0 radical (unpaired) electrons. The fourth-order valence-electron chi connectivity index (χ4n) is 1.38. The highest BCUT2D eigenvalue weighted by Crippen LogP contribution is 2.35. The van der Waals surface area contributed by atoms with E-state index in [1.807, 2.05) is 0 Å². The van der Waals surface area contributed by atoms with Gasteiger partial charge >= 0.3 is 6.18 Å². The maximum atomic E-state index is 12.6. The smallest absolute Gasteiger partial charge is 0.419 e. The van der Waals surface area contributed by atoms with E-state index in [-0.39, 0.29) is 5.75 Å². The molecule has 0 bridgehead atoms. The number of alkyl halides is 4. The number of unbranched alkanes of at least 4 members (excludes halogenated alkanes) is 2. The Hall–Kier alpha value is -0.710. The first-order valence-corrected chi connectivity index (χ1v) is 6.53. The summed E-state index contributed by atoms with van der Waals surface area (Å²) in [6.45, 7) is 0.320. The van der Waals surface area contributed by atoms with Crippen molar-refractivity contribution in [3.8, 4) is 5.75 Å². The highest BCUT2D eigenvalue weighted by molar-refractivity contribution is 9.09. The van der Waals surface area contributed by atoms with Crippen LogP contribution in [-0.2, 0) is 6.18 Å². The molecule has 96 valence electrons. The lowest BCUT2D eigenvalue weighted by atomic mass is 10.2. The van der Waals surface area contributed by atoms with Crippen LogP contribution in [0.4, 0.5) is 13.2 Å². The molecule has 1 aromatic carbocycles. The number of ether oxygens (including phenoxy) is 1. The molecule has 1 rings (SSSR count). The summed E-state index contributed by atoms with van der Waals surface area (Å²) in [5.41, 5.74) is -0.708. The van der Waals surface area contributed by atoms with Crippen molar-refractivity contribution in [1.29, 1.82) is 0 Å². The zero-order valence-corrected chi connectivity index (χ0v) is 10.9. The van der Waals surface area contributed by atoms with Crippen LogP contribution in [0.3, 0.4) is 0 Å². The van der Waals surface area contributed by atoms with E-state index in [1.54, 1.807) is 6.07 Å². The third-order valence-electron chi connectivity index (χ3n) is 2.23. The molecule has 1 nitrogen and oxygen atoms in total. The predicted octanol–water partition coefficient (Wildman–Crippen LogP) is 4.65. The minimum Gasteiger partial charge on any atom is -0.493 e. The van der Waals surface area contributed by atoms with Gasteiger partial charge in [-0.2, -0.15) is 13.2 Å². The lowest BCUT2D eigenvalue weighted by molar-refractivity contribution is -0.138. The molecule has 0 fully saturated rings. The molecular weight excluding hydrogens is 297 g/mol. The molecule has 0 saturated heterocycles. The van der Waals surface area contributed by atoms with Gasteiger partial charge in [0.25, 0.3) is 0 Å². The van der Waals surface area contributed by atoms with Gasteiger partial charge in [-0.3, -0.25) is 0 Å². The standard InChI is InChI=1S/C12H14BrF3O/c13-8-4-1-5-9-17-11-7-3-2-6-10(11)12(14,15)16/h2-3,6-7H,1,4-5,8-9H2. The zero-order chi connectivity index (χ0) is 12.7. The van der Waals surface area contributed by atoms with Crippen LogP contribution in [0.2, 0.25) is 0 Å². The summed E-state index contributed by atoms with van der Waals surface area (Å²) in [4.78, 5) is 0. The molecule has 0 aliphatic rings. The van der Waals surface area contributed by atoms with Gasteiger partial charge in [0.05, 0.1) is 12.2 Å². The summed E-state index contributed by atoms with van der Waals surface area (Å²) < 4.78 is 43.0. The van der Waals surface area contributed by atoms with Crippen LogP contribution in [0.25, 0.3) is 0 Å². The van der Waals surface area contributed by atoms with Crippen molar-refractivity contribution < 1.29 is 17.9 Å². The Bertz CT molecular complexity index is 339. The third-order valence-corrected chi connectivity index (χ3v) is 2.79. The van der Waals surface area contributed by atoms with E-state index in [2.05, 4.69) is 15.9 Å². The quantitative estimate of drug-likeness (QED) is 0.549. The fraction of sp³-hybridized carbons (Fsp3) is 0.500. The van der Waals surface area contributed by atoms with Crippen molar-refractivity contribution in [2.45, 2.75) is 25.4 Å². The zero-order valence-electron chi connectivity index (χ0n) is 9.27. The molecule has 0 atom stereocenters. The fourth-order valence-corrected chi connectivity index (χ4v) is 1.78. The van der Waals surface area contributed by atoms with E-state index in [9.17, 15) is 13.2 Å². The minimum absolute atomic E-state index is 0.0844. The molecule has 0 N–H and O–H groups in total. The van der Waals surface area contributed by atoms with Gasteiger partial charge < -0.3 is 4.74 Å². The molecule has 0 unspecified atom stereocenters.